The summed E-state index contributed by atoms with van der Waals surface area (Å²) < 4.78 is 48.7. The molecule has 228 valence electrons. The zero-order valence-corrected chi connectivity index (χ0v) is 25.9. The van der Waals surface area contributed by atoms with Gasteiger partial charge in [-0.3, -0.25) is 0 Å². The Kier molecular flexibility index (Phi) is 10.2. The lowest BCUT2D eigenvalue weighted by Crippen LogP contribution is -2.25. The van der Waals surface area contributed by atoms with Gasteiger partial charge in [0.25, 0.3) is 10.1 Å². The number of fused-ring (bicyclic) bond motifs is 1. The highest BCUT2D eigenvalue weighted by Crippen LogP contribution is 2.30. The van der Waals surface area contributed by atoms with Crippen LogP contribution in [0.2, 0.25) is 0 Å². The molecule has 3 aromatic carbocycles. The van der Waals surface area contributed by atoms with Gasteiger partial charge in [-0.05, 0) is 76.4 Å². The maximum Gasteiger partial charge on any atom is 0.299 e. The molecule has 8 nitrogen and oxygen atoms in total. The van der Waals surface area contributed by atoms with E-state index in [0.717, 1.165) is 48.1 Å². The molecule has 1 fully saturated rings. The number of nitrogens with zero attached hydrogens (tertiary/aromatic N) is 2. The summed E-state index contributed by atoms with van der Waals surface area (Å²) in [5, 5.41) is 1.01. The molecule has 1 saturated heterocycles. The van der Waals surface area contributed by atoms with Gasteiger partial charge in [-0.2, -0.15) is 8.42 Å². The smallest absolute Gasteiger partial charge is 0.299 e. The molecule has 1 unspecified atom stereocenters. The molecular formula is C34H40N2O6S. The summed E-state index contributed by atoms with van der Waals surface area (Å²) in [6, 6.07) is 23.5. The highest BCUT2D eigenvalue weighted by Gasteiger charge is 2.26. The molecule has 1 atom stereocenters. The first-order valence-corrected chi connectivity index (χ1v) is 16.5. The van der Waals surface area contributed by atoms with Crippen LogP contribution >= 0.6 is 0 Å². The topological polar surface area (TPSA) is 87.2 Å². The molecule has 1 aliphatic rings. The first kappa shape index (κ1) is 30.8. The monoisotopic (exact) mass is 604 g/mol. The van der Waals surface area contributed by atoms with E-state index in [1.54, 1.807) is 19.1 Å². The molecule has 0 N–H and O–H groups in total. The van der Waals surface area contributed by atoms with Crippen LogP contribution in [0.1, 0.15) is 45.1 Å². The molecule has 0 saturated carbocycles. The average Bonchev–Trinajstić information content (AvgIpc) is 3.02. The van der Waals surface area contributed by atoms with Crippen LogP contribution in [0.15, 0.2) is 77.7 Å². The summed E-state index contributed by atoms with van der Waals surface area (Å²) in [5.41, 5.74) is 4.46. The predicted octanol–water partition coefficient (Wildman–Crippen LogP) is 7.14. The van der Waals surface area contributed by atoms with E-state index in [0.29, 0.717) is 49.7 Å². The molecule has 2 heterocycles. The molecule has 1 aromatic heterocycles. The minimum Gasteiger partial charge on any atom is -0.493 e. The zero-order chi connectivity index (χ0) is 30.2. The van der Waals surface area contributed by atoms with Crippen molar-refractivity contribution < 1.29 is 26.8 Å². The summed E-state index contributed by atoms with van der Waals surface area (Å²) in [6.45, 7) is 9.26. The maximum atomic E-state index is 12.9. The van der Waals surface area contributed by atoms with Crippen LogP contribution in [-0.2, 0) is 19.0 Å². The van der Waals surface area contributed by atoms with E-state index in [1.165, 1.54) is 11.8 Å². The van der Waals surface area contributed by atoms with E-state index in [4.69, 9.17) is 23.4 Å². The van der Waals surface area contributed by atoms with Crippen LogP contribution in [0, 0.1) is 6.92 Å². The number of hydrogen-bond donors (Lipinski definition) is 0. The lowest BCUT2D eigenvalue weighted by atomic mass is 10.1. The second kappa shape index (κ2) is 14.2. The van der Waals surface area contributed by atoms with Crippen LogP contribution < -0.4 is 14.4 Å². The third kappa shape index (κ3) is 7.47. The molecule has 0 aliphatic carbocycles. The second-order valence-corrected chi connectivity index (χ2v) is 12.1. The highest BCUT2D eigenvalue weighted by atomic mass is 32.2. The molecule has 4 aromatic rings. The third-order valence-electron chi connectivity index (χ3n) is 7.65. The van der Waals surface area contributed by atoms with Gasteiger partial charge in [0.1, 0.15) is 21.9 Å². The second-order valence-electron chi connectivity index (χ2n) is 10.5. The first-order chi connectivity index (χ1) is 20.9. The van der Waals surface area contributed by atoms with Gasteiger partial charge in [-0.15, -0.1) is 0 Å². The van der Waals surface area contributed by atoms with Crippen molar-refractivity contribution in [2.24, 2.45) is 0 Å². The van der Waals surface area contributed by atoms with Crippen molar-refractivity contribution in [3.8, 4) is 22.8 Å². The Bertz CT molecular complexity index is 1610. The van der Waals surface area contributed by atoms with Gasteiger partial charge in [0, 0.05) is 48.3 Å². The van der Waals surface area contributed by atoms with Crippen molar-refractivity contribution in [3.05, 3.63) is 78.4 Å². The van der Waals surface area contributed by atoms with Crippen LogP contribution in [-0.4, -0.2) is 52.6 Å². The lowest BCUT2D eigenvalue weighted by molar-refractivity contribution is -0.102. The third-order valence-corrected chi connectivity index (χ3v) is 9.10. The van der Waals surface area contributed by atoms with Gasteiger partial charge < -0.3 is 19.1 Å². The predicted molar refractivity (Wildman–Crippen MR) is 169 cm³/mol. The maximum absolute atomic E-state index is 12.9. The number of benzene rings is 3. The van der Waals surface area contributed by atoms with Gasteiger partial charge >= 0.3 is 0 Å². The Morgan fingerprint density at radius 1 is 0.884 bits per heavy atom. The molecule has 0 spiro atoms. The Morgan fingerprint density at radius 2 is 1.60 bits per heavy atom. The molecular weight excluding hydrogens is 564 g/mol. The quantitative estimate of drug-likeness (QED) is 0.118. The van der Waals surface area contributed by atoms with Crippen molar-refractivity contribution in [2.45, 2.75) is 57.6 Å². The fourth-order valence-electron chi connectivity index (χ4n) is 5.25. The van der Waals surface area contributed by atoms with Crippen LogP contribution in [0.4, 0.5) is 5.69 Å². The molecule has 43 heavy (non-hydrogen) atoms. The summed E-state index contributed by atoms with van der Waals surface area (Å²) in [4.78, 5) is 7.35. The Morgan fingerprint density at radius 3 is 2.33 bits per heavy atom. The molecule has 5 rings (SSSR count). The Hall–Kier alpha value is -3.66. The van der Waals surface area contributed by atoms with E-state index < -0.39 is 16.4 Å². The summed E-state index contributed by atoms with van der Waals surface area (Å²) >= 11 is 0. The Balaban J connectivity index is 1.20. The number of para-hydroxylation sites is 1. The van der Waals surface area contributed by atoms with E-state index in [1.807, 2.05) is 24.3 Å². The highest BCUT2D eigenvalue weighted by molar-refractivity contribution is 7.86. The minimum atomic E-state index is -3.98. The summed E-state index contributed by atoms with van der Waals surface area (Å²) in [5.74, 6) is 1.21. The fraction of sp³-hybridized carbons (Fsp3) is 0.382. The van der Waals surface area contributed by atoms with Gasteiger partial charge in [0.2, 0.25) is 0 Å². The van der Waals surface area contributed by atoms with E-state index >= 15 is 0 Å². The lowest BCUT2D eigenvalue weighted by Gasteiger charge is -2.22. The first-order valence-electron chi connectivity index (χ1n) is 15.0. The zero-order valence-electron chi connectivity index (χ0n) is 25.1. The number of ether oxygens (including phenoxy) is 3. The van der Waals surface area contributed by atoms with E-state index in [-0.39, 0.29) is 4.90 Å². The van der Waals surface area contributed by atoms with Crippen molar-refractivity contribution in [1.82, 2.24) is 4.98 Å². The van der Waals surface area contributed by atoms with Crippen molar-refractivity contribution in [1.29, 1.82) is 0 Å². The molecule has 1 aliphatic heterocycles. The largest absolute Gasteiger partial charge is 0.493 e. The number of rotatable bonds is 13. The molecule has 0 amide bonds. The van der Waals surface area contributed by atoms with Crippen LogP contribution in [0.25, 0.3) is 22.2 Å². The van der Waals surface area contributed by atoms with E-state index in [2.05, 4.69) is 49.1 Å². The van der Waals surface area contributed by atoms with Crippen molar-refractivity contribution >= 4 is 26.7 Å². The average molecular weight is 605 g/mol. The molecule has 0 radical (unpaired) electrons. The number of hydrogen-bond acceptors (Lipinski definition) is 8. The molecule has 9 heteroatoms. The number of aromatic nitrogens is 1. The normalized spacial score (nSPS) is 15.4. The van der Waals surface area contributed by atoms with Crippen LogP contribution in [0.3, 0.4) is 0 Å². The SMILES string of the molecule is CCN(CC)c1ccc(-c2ccc3cccc(OCCCOc4cccc(S(=O)(=O)OC5CCCCO5)c4C)c3n2)cc1. The molecule has 0 bridgehead atoms. The fourth-order valence-corrected chi connectivity index (χ4v) is 6.51. The van der Waals surface area contributed by atoms with Crippen molar-refractivity contribution in [2.75, 3.05) is 37.8 Å². The van der Waals surface area contributed by atoms with Gasteiger partial charge in [0.05, 0.1) is 18.9 Å². The number of pyridine rings is 1. The standard InChI is InChI=1S/C34H40N2O6S/c1-4-36(5-2)28-19-16-26(17-20-28)29-21-18-27-11-8-13-31(34(27)35-29)40-24-10-23-39-30-12-9-14-32(25(30)3)43(37,38)42-33-15-6-7-22-41-33/h8-9,11-14,16-21,33H,4-7,10,15,22-24H2,1-3H3. The number of anilines is 1. The van der Waals surface area contributed by atoms with Crippen LogP contribution in [0.5, 0.6) is 11.5 Å². The Labute approximate surface area is 254 Å². The van der Waals surface area contributed by atoms with Gasteiger partial charge in [-0.25, -0.2) is 9.17 Å². The van der Waals surface area contributed by atoms with Gasteiger partial charge in [0.15, 0.2) is 6.29 Å². The summed E-state index contributed by atoms with van der Waals surface area (Å²) in [7, 11) is -3.98. The van der Waals surface area contributed by atoms with E-state index in [9.17, 15) is 8.42 Å². The van der Waals surface area contributed by atoms with Gasteiger partial charge in [-0.1, -0.05) is 36.4 Å². The minimum absolute atomic E-state index is 0.0933. The summed E-state index contributed by atoms with van der Waals surface area (Å²) in [6.07, 6.45) is 2.22. The van der Waals surface area contributed by atoms with Crippen molar-refractivity contribution in [3.63, 3.8) is 0 Å².